The van der Waals surface area contributed by atoms with E-state index in [1.165, 1.54) is 0 Å². The summed E-state index contributed by atoms with van der Waals surface area (Å²) in [4.78, 5) is 15.9. The molecule has 1 aromatic heterocycles. The first-order valence-corrected chi connectivity index (χ1v) is 5.45. The summed E-state index contributed by atoms with van der Waals surface area (Å²) in [6.07, 6.45) is 3.65. The van der Waals surface area contributed by atoms with Crippen molar-refractivity contribution in [2.45, 2.75) is 6.42 Å². The molecule has 90 valence electrons. The predicted molar refractivity (Wildman–Crippen MR) is 66.7 cm³/mol. The third kappa shape index (κ3) is 2.74. The van der Waals surface area contributed by atoms with Gasteiger partial charge in [0.1, 0.15) is 5.82 Å². The Hall–Kier alpha value is -2.61. The van der Waals surface area contributed by atoms with Gasteiger partial charge in [0.25, 0.3) is 0 Å². The third-order valence-corrected chi connectivity index (χ3v) is 2.52. The Morgan fingerprint density at radius 3 is 3.06 bits per heavy atom. The Morgan fingerprint density at radius 2 is 2.39 bits per heavy atom. The number of anilines is 1. The molecule has 0 saturated heterocycles. The normalized spacial score (nSPS) is 9.78. The largest absolute Gasteiger partial charge is 0.338 e. The van der Waals surface area contributed by atoms with Crippen molar-refractivity contribution >= 4 is 11.6 Å². The summed E-state index contributed by atoms with van der Waals surface area (Å²) in [7, 11) is 1.84. The van der Waals surface area contributed by atoms with Gasteiger partial charge in [-0.05, 0) is 18.2 Å². The SMILES string of the molecule is Cn1ccnc1CC(=O)Nc1cccc(C#N)c1. The molecule has 5 heteroatoms. The quantitative estimate of drug-likeness (QED) is 0.883. The van der Waals surface area contributed by atoms with E-state index >= 15 is 0 Å². The van der Waals surface area contributed by atoms with E-state index in [2.05, 4.69) is 10.3 Å². The average molecular weight is 240 g/mol. The highest BCUT2D eigenvalue weighted by Gasteiger charge is 2.07. The maximum atomic E-state index is 11.8. The van der Waals surface area contributed by atoms with Crippen molar-refractivity contribution < 1.29 is 4.79 Å². The van der Waals surface area contributed by atoms with Crippen LogP contribution in [0.15, 0.2) is 36.7 Å². The number of nitrogens with zero attached hydrogens (tertiary/aromatic N) is 3. The Bertz CT molecular complexity index is 609. The van der Waals surface area contributed by atoms with Crippen LogP contribution in [0, 0.1) is 11.3 Å². The van der Waals surface area contributed by atoms with Gasteiger partial charge in [0.05, 0.1) is 18.1 Å². The molecule has 0 aliphatic heterocycles. The van der Waals surface area contributed by atoms with E-state index in [0.717, 1.165) is 0 Å². The van der Waals surface area contributed by atoms with Gasteiger partial charge in [-0.3, -0.25) is 4.79 Å². The minimum atomic E-state index is -0.153. The van der Waals surface area contributed by atoms with Crippen LogP contribution < -0.4 is 5.32 Å². The summed E-state index contributed by atoms with van der Waals surface area (Å²) in [5.41, 5.74) is 1.14. The smallest absolute Gasteiger partial charge is 0.231 e. The van der Waals surface area contributed by atoms with Crippen molar-refractivity contribution in [2.24, 2.45) is 7.05 Å². The molecule has 2 rings (SSSR count). The molecule has 18 heavy (non-hydrogen) atoms. The highest BCUT2D eigenvalue weighted by Crippen LogP contribution is 2.10. The van der Waals surface area contributed by atoms with Gasteiger partial charge < -0.3 is 9.88 Å². The Labute approximate surface area is 105 Å². The van der Waals surface area contributed by atoms with E-state index in [-0.39, 0.29) is 12.3 Å². The molecule has 0 fully saturated rings. The lowest BCUT2D eigenvalue weighted by Crippen LogP contribution is -2.16. The highest BCUT2D eigenvalue weighted by atomic mass is 16.1. The molecule has 1 aromatic carbocycles. The lowest BCUT2D eigenvalue weighted by atomic mass is 10.2. The van der Waals surface area contributed by atoms with Crippen LogP contribution in [0.25, 0.3) is 0 Å². The zero-order valence-corrected chi connectivity index (χ0v) is 9.92. The van der Waals surface area contributed by atoms with Crippen molar-refractivity contribution in [3.8, 4) is 6.07 Å². The van der Waals surface area contributed by atoms with E-state index in [4.69, 9.17) is 5.26 Å². The number of carbonyl (C=O) groups excluding carboxylic acids is 1. The Morgan fingerprint density at radius 1 is 1.56 bits per heavy atom. The number of hydrogen-bond donors (Lipinski definition) is 1. The maximum Gasteiger partial charge on any atom is 0.231 e. The maximum absolute atomic E-state index is 11.8. The van der Waals surface area contributed by atoms with Crippen LogP contribution in [0.2, 0.25) is 0 Å². The fourth-order valence-electron chi connectivity index (χ4n) is 1.58. The number of nitriles is 1. The van der Waals surface area contributed by atoms with Crippen molar-refractivity contribution in [3.05, 3.63) is 48.0 Å². The molecule has 0 aliphatic rings. The second-order valence-corrected chi connectivity index (χ2v) is 3.87. The first kappa shape index (κ1) is 11.9. The molecule has 1 amide bonds. The van der Waals surface area contributed by atoms with E-state index < -0.39 is 0 Å². The Balaban J connectivity index is 2.03. The number of carbonyl (C=O) groups is 1. The van der Waals surface area contributed by atoms with Crippen LogP contribution in [0.4, 0.5) is 5.69 Å². The van der Waals surface area contributed by atoms with E-state index in [1.807, 2.05) is 13.1 Å². The summed E-state index contributed by atoms with van der Waals surface area (Å²) in [5, 5.41) is 11.5. The Kier molecular flexibility index (Phi) is 3.39. The van der Waals surface area contributed by atoms with E-state index in [9.17, 15) is 4.79 Å². The number of imidazole rings is 1. The molecule has 0 atom stereocenters. The van der Waals surface area contributed by atoms with Gasteiger partial charge in [-0.25, -0.2) is 4.98 Å². The molecule has 0 aliphatic carbocycles. The molecule has 0 saturated carbocycles. The average Bonchev–Trinajstić information content (AvgIpc) is 2.75. The van der Waals surface area contributed by atoms with Crippen molar-refractivity contribution in [2.75, 3.05) is 5.32 Å². The molecule has 1 N–H and O–H groups in total. The highest BCUT2D eigenvalue weighted by molar-refractivity contribution is 5.92. The molecular weight excluding hydrogens is 228 g/mol. The second-order valence-electron chi connectivity index (χ2n) is 3.87. The van der Waals surface area contributed by atoms with Gasteiger partial charge in [0, 0.05) is 25.1 Å². The molecular formula is C13H12N4O. The van der Waals surface area contributed by atoms with Gasteiger partial charge in [0.2, 0.25) is 5.91 Å². The first-order chi connectivity index (χ1) is 8.69. The third-order valence-electron chi connectivity index (χ3n) is 2.52. The number of rotatable bonds is 3. The lowest BCUT2D eigenvalue weighted by molar-refractivity contribution is -0.115. The van der Waals surface area contributed by atoms with Crippen LogP contribution >= 0.6 is 0 Å². The summed E-state index contributed by atoms with van der Waals surface area (Å²) in [6, 6.07) is 8.83. The molecule has 0 bridgehead atoms. The number of nitrogens with one attached hydrogen (secondary N) is 1. The van der Waals surface area contributed by atoms with Crippen molar-refractivity contribution in [1.29, 1.82) is 5.26 Å². The van der Waals surface area contributed by atoms with Crippen LogP contribution in [0.3, 0.4) is 0 Å². The number of hydrogen-bond acceptors (Lipinski definition) is 3. The van der Waals surface area contributed by atoms with Crippen LogP contribution in [-0.4, -0.2) is 15.5 Å². The molecule has 2 aromatic rings. The van der Waals surface area contributed by atoms with Crippen molar-refractivity contribution in [1.82, 2.24) is 9.55 Å². The number of benzene rings is 1. The van der Waals surface area contributed by atoms with Gasteiger partial charge >= 0.3 is 0 Å². The first-order valence-electron chi connectivity index (χ1n) is 5.45. The fraction of sp³-hybridized carbons (Fsp3) is 0.154. The number of amides is 1. The van der Waals surface area contributed by atoms with Gasteiger partial charge in [-0.2, -0.15) is 5.26 Å². The molecule has 0 unspecified atom stereocenters. The zero-order valence-electron chi connectivity index (χ0n) is 9.92. The monoisotopic (exact) mass is 240 g/mol. The molecule has 0 spiro atoms. The summed E-state index contributed by atoms with van der Waals surface area (Å²) < 4.78 is 1.80. The van der Waals surface area contributed by atoms with E-state index in [1.54, 1.807) is 41.2 Å². The second kappa shape index (κ2) is 5.15. The molecule has 5 nitrogen and oxygen atoms in total. The predicted octanol–water partition coefficient (Wildman–Crippen LogP) is 1.47. The van der Waals surface area contributed by atoms with Gasteiger partial charge in [-0.15, -0.1) is 0 Å². The molecule has 0 radical (unpaired) electrons. The topological polar surface area (TPSA) is 70.7 Å². The van der Waals surface area contributed by atoms with Crippen molar-refractivity contribution in [3.63, 3.8) is 0 Å². The van der Waals surface area contributed by atoms with Gasteiger partial charge in [-0.1, -0.05) is 6.07 Å². The van der Waals surface area contributed by atoms with Crippen LogP contribution in [-0.2, 0) is 18.3 Å². The number of aromatic nitrogens is 2. The van der Waals surface area contributed by atoms with Gasteiger partial charge in [0.15, 0.2) is 0 Å². The summed E-state index contributed by atoms with van der Waals surface area (Å²) >= 11 is 0. The minimum absolute atomic E-state index is 0.153. The number of aryl methyl sites for hydroxylation is 1. The van der Waals surface area contributed by atoms with Crippen LogP contribution in [0.5, 0.6) is 0 Å². The lowest BCUT2D eigenvalue weighted by Gasteiger charge is -2.05. The summed E-state index contributed by atoms with van der Waals surface area (Å²) in [6.45, 7) is 0. The summed E-state index contributed by atoms with van der Waals surface area (Å²) in [5.74, 6) is 0.545. The zero-order chi connectivity index (χ0) is 13.0. The minimum Gasteiger partial charge on any atom is -0.338 e. The van der Waals surface area contributed by atoms with E-state index in [0.29, 0.717) is 17.1 Å². The fourth-order valence-corrected chi connectivity index (χ4v) is 1.58. The van der Waals surface area contributed by atoms with Crippen LogP contribution in [0.1, 0.15) is 11.4 Å². The standard InChI is InChI=1S/C13H12N4O/c1-17-6-5-15-12(17)8-13(18)16-11-4-2-3-10(7-11)9-14/h2-7H,8H2,1H3,(H,16,18). The molecule has 1 heterocycles.